The van der Waals surface area contributed by atoms with E-state index in [1.807, 2.05) is 23.1 Å². The maximum atomic E-state index is 2.43. The Labute approximate surface area is 244 Å². The van der Waals surface area contributed by atoms with Crippen molar-refractivity contribution < 1.29 is 4.57 Å². The van der Waals surface area contributed by atoms with Gasteiger partial charge < -0.3 is 9.80 Å². The fourth-order valence-electron chi connectivity index (χ4n) is 5.89. The zero-order valence-corrected chi connectivity index (χ0v) is 24.5. The topological polar surface area (TPSA) is 10.4 Å². The lowest BCUT2D eigenvalue weighted by molar-refractivity contribution is -0.665. The van der Waals surface area contributed by atoms with Gasteiger partial charge in [0.15, 0.2) is 0 Å². The summed E-state index contributed by atoms with van der Waals surface area (Å²) in [4.78, 5) is 6.11. The fraction of sp³-hybridized carbons (Fsp3) is 0.171. The molecule has 0 aliphatic carbocycles. The van der Waals surface area contributed by atoms with Crippen molar-refractivity contribution in [1.29, 1.82) is 0 Å². The number of benzene rings is 3. The Morgan fingerprint density at radius 2 is 1.90 bits per heavy atom. The van der Waals surface area contributed by atoms with Gasteiger partial charge in [-0.15, -0.1) is 0 Å². The summed E-state index contributed by atoms with van der Waals surface area (Å²) >= 11 is 3.73. The third-order valence-electron chi connectivity index (χ3n) is 7.70. The van der Waals surface area contributed by atoms with Gasteiger partial charge in [-0.25, -0.2) is 0 Å². The van der Waals surface area contributed by atoms with Crippen LogP contribution >= 0.6 is 23.1 Å². The predicted molar refractivity (Wildman–Crippen MR) is 174 cm³/mol. The Morgan fingerprint density at radius 3 is 2.80 bits per heavy atom. The van der Waals surface area contributed by atoms with E-state index >= 15 is 0 Å². The number of hydrogen-bond acceptors (Lipinski definition) is 4. The van der Waals surface area contributed by atoms with Crippen LogP contribution in [0, 0.1) is 0 Å². The van der Waals surface area contributed by atoms with Crippen LogP contribution < -0.4 is 14.4 Å². The number of rotatable bonds is 6. The van der Waals surface area contributed by atoms with Crippen molar-refractivity contribution in [2.45, 2.75) is 31.7 Å². The molecule has 1 aromatic heterocycles. The molecule has 5 heteroatoms. The molecule has 0 unspecified atom stereocenters. The molecule has 3 aliphatic rings. The smallest absolute Gasteiger partial charge is 0.263 e. The number of thiazole rings is 1. The van der Waals surface area contributed by atoms with E-state index in [9.17, 15) is 0 Å². The van der Waals surface area contributed by atoms with Crippen LogP contribution in [0.1, 0.15) is 35.5 Å². The summed E-state index contributed by atoms with van der Waals surface area (Å²) < 4.78 is 3.75. The van der Waals surface area contributed by atoms with Gasteiger partial charge in [0.1, 0.15) is 11.2 Å². The highest BCUT2D eigenvalue weighted by molar-refractivity contribution is 8.03. The SMILES string of the molecule is CCN1/C(=C/C(=C\c2sc3ccccc3[n+]2CC)/C=C/c2cc3c4c(c2)CC=CN4CC=C3)Sc2ccccc21. The van der Waals surface area contributed by atoms with E-state index in [2.05, 4.69) is 138 Å². The fourth-order valence-corrected chi connectivity index (χ4v) is 8.26. The summed E-state index contributed by atoms with van der Waals surface area (Å²) in [5.41, 5.74) is 9.12. The molecular formula is C35H32N3S2+. The molecule has 0 bridgehead atoms. The van der Waals surface area contributed by atoms with Crippen LogP contribution in [0.25, 0.3) is 28.4 Å². The maximum absolute atomic E-state index is 2.43. The van der Waals surface area contributed by atoms with Gasteiger partial charge in [-0.3, -0.25) is 0 Å². The third kappa shape index (κ3) is 4.53. The van der Waals surface area contributed by atoms with Crippen LogP contribution in [-0.4, -0.2) is 13.1 Å². The van der Waals surface area contributed by atoms with Crippen molar-refractivity contribution in [3.05, 3.63) is 123 Å². The van der Waals surface area contributed by atoms with Crippen LogP contribution in [0.3, 0.4) is 0 Å². The molecule has 3 aromatic carbocycles. The van der Waals surface area contributed by atoms with E-state index in [1.165, 1.54) is 58.8 Å². The highest BCUT2D eigenvalue weighted by Crippen LogP contribution is 2.46. The molecule has 198 valence electrons. The lowest BCUT2D eigenvalue weighted by Crippen LogP contribution is -2.33. The monoisotopic (exact) mass is 558 g/mol. The maximum Gasteiger partial charge on any atom is 0.263 e. The zero-order valence-electron chi connectivity index (χ0n) is 22.9. The molecule has 40 heavy (non-hydrogen) atoms. The number of anilines is 2. The second kappa shape index (κ2) is 10.6. The zero-order chi connectivity index (χ0) is 27.1. The van der Waals surface area contributed by atoms with Crippen molar-refractivity contribution in [2.24, 2.45) is 0 Å². The average Bonchev–Trinajstić information content (AvgIpc) is 3.52. The molecule has 0 amide bonds. The molecule has 0 radical (unpaired) electrons. The Kier molecular flexibility index (Phi) is 6.70. The molecule has 3 aliphatic heterocycles. The highest BCUT2D eigenvalue weighted by Gasteiger charge is 2.24. The second-order valence-electron chi connectivity index (χ2n) is 10.2. The van der Waals surface area contributed by atoms with Crippen molar-refractivity contribution in [1.82, 2.24) is 0 Å². The normalized spacial score (nSPS) is 16.9. The molecule has 3 nitrogen and oxygen atoms in total. The molecule has 0 atom stereocenters. The molecule has 0 fully saturated rings. The summed E-state index contributed by atoms with van der Waals surface area (Å²) in [6.07, 6.45) is 19.3. The van der Waals surface area contributed by atoms with Gasteiger partial charge in [0, 0.05) is 36.3 Å². The molecule has 0 spiro atoms. The molecule has 0 saturated heterocycles. The largest absolute Gasteiger partial charge is 0.344 e. The van der Waals surface area contributed by atoms with Crippen molar-refractivity contribution in [3.63, 3.8) is 0 Å². The lowest BCUT2D eigenvalue weighted by Gasteiger charge is -2.30. The molecule has 4 heterocycles. The minimum atomic E-state index is 0.940. The number of hydrogen-bond donors (Lipinski definition) is 0. The first-order chi connectivity index (χ1) is 19.7. The first kappa shape index (κ1) is 25.2. The number of aromatic nitrogens is 1. The third-order valence-corrected chi connectivity index (χ3v) is 9.93. The van der Waals surface area contributed by atoms with E-state index in [1.54, 1.807) is 0 Å². The quantitative estimate of drug-likeness (QED) is 0.173. The molecule has 4 aromatic rings. The number of nitrogens with zero attached hydrogens (tertiary/aromatic N) is 3. The van der Waals surface area contributed by atoms with E-state index < -0.39 is 0 Å². The number of aryl methyl sites for hydroxylation is 1. The van der Waals surface area contributed by atoms with Gasteiger partial charge in [0.2, 0.25) is 5.52 Å². The van der Waals surface area contributed by atoms with Crippen molar-refractivity contribution in [2.75, 3.05) is 22.9 Å². The van der Waals surface area contributed by atoms with E-state index in [-0.39, 0.29) is 0 Å². The average molecular weight is 559 g/mol. The van der Waals surface area contributed by atoms with Crippen LogP contribution in [-0.2, 0) is 13.0 Å². The van der Waals surface area contributed by atoms with Crippen molar-refractivity contribution >= 4 is 62.9 Å². The van der Waals surface area contributed by atoms with Crippen molar-refractivity contribution in [3.8, 4) is 0 Å². The van der Waals surface area contributed by atoms with Gasteiger partial charge in [-0.2, -0.15) is 4.57 Å². The minimum Gasteiger partial charge on any atom is -0.344 e. The van der Waals surface area contributed by atoms with Crippen LogP contribution in [0.5, 0.6) is 0 Å². The summed E-state index contributed by atoms with van der Waals surface area (Å²) in [5, 5.41) is 2.54. The Hall–Kier alpha value is -3.80. The number of thioether (sulfide) groups is 1. The summed E-state index contributed by atoms with van der Waals surface area (Å²) in [6, 6.07) is 22.1. The number of fused-ring (bicyclic) bond motifs is 2. The number of allylic oxidation sites excluding steroid dienone is 4. The first-order valence-electron chi connectivity index (χ1n) is 14.1. The van der Waals surface area contributed by atoms with Gasteiger partial charge in [0.05, 0.1) is 16.4 Å². The standard InChI is InChI=1S/C35H32N3S2/c1-3-37-29-13-5-7-15-31(29)39-33(37)23-26(24-34-38(4-2)30-14-6-8-16-32(30)40-34)18-17-25-21-27-11-9-19-36-20-10-12-28(22-25)35(27)36/h5-11,13-18,20-24H,3-4,12,19H2,1-2H3/q+1. The molecule has 0 N–H and O–H groups in total. The van der Waals surface area contributed by atoms with Gasteiger partial charge >= 0.3 is 0 Å². The molecular weight excluding hydrogens is 527 g/mol. The summed E-state index contributed by atoms with van der Waals surface area (Å²) in [5.74, 6) is 0. The first-order valence-corrected chi connectivity index (χ1v) is 15.7. The molecule has 0 saturated carbocycles. The van der Waals surface area contributed by atoms with E-state index in [0.717, 1.165) is 26.1 Å². The van der Waals surface area contributed by atoms with Gasteiger partial charge in [-0.1, -0.05) is 77.7 Å². The predicted octanol–water partition coefficient (Wildman–Crippen LogP) is 8.68. The van der Waals surface area contributed by atoms with Crippen LogP contribution in [0.4, 0.5) is 11.4 Å². The Balaban J connectivity index is 1.32. The second-order valence-corrected chi connectivity index (χ2v) is 12.3. The lowest BCUT2D eigenvalue weighted by atomic mass is 9.95. The highest BCUT2D eigenvalue weighted by atomic mass is 32.2. The number of para-hydroxylation sites is 2. The Morgan fingerprint density at radius 1 is 1.02 bits per heavy atom. The van der Waals surface area contributed by atoms with Gasteiger partial charge in [0.25, 0.3) is 5.01 Å². The van der Waals surface area contributed by atoms with Gasteiger partial charge in [-0.05, 0) is 78.9 Å². The summed E-state index contributed by atoms with van der Waals surface area (Å²) in [6.45, 7) is 7.30. The minimum absolute atomic E-state index is 0.940. The summed E-state index contributed by atoms with van der Waals surface area (Å²) in [7, 11) is 0. The van der Waals surface area contributed by atoms with E-state index in [0.29, 0.717) is 0 Å². The Bertz CT molecular complexity index is 1770. The van der Waals surface area contributed by atoms with Crippen LogP contribution in [0.2, 0.25) is 0 Å². The van der Waals surface area contributed by atoms with Crippen LogP contribution in [0.15, 0.2) is 107 Å². The molecule has 7 rings (SSSR count). The van der Waals surface area contributed by atoms with E-state index in [4.69, 9.17) is 0 Å².